The van der Waals surface area contributed by atoms with Gasteiger partial charge in [-0.2, -0.15) is 22.5 Å². The van der Waals surface area contributed by atoms with Gasteiger partial charge in [0.25, 0.3) is 0 Å². The molecule has 0 aliphatic carbocycles. The average molecular weight is 399 g/mol. The Balaban J connectivity index is 1.49. The summed E-state index contributed by atoms with van der Waals surface area (Å²) in [7, 11) is -4.04. The standard InChI is InChI=1S/C16H12F3N3O4S/c17-16(18,19)11-3-1-4-12(7-11)27(23,24)22-8-10(9-22)15-20-14(21-26-15)13-5-2-6-25-13/h1-7,10H,8-9H2. The van der Waals surface area contributed by atoms with Gasteiger partial charge in [-0.05, 0) is 30.3 Å². The molecule has 1 fully saturated rings. The highest BCUT2D eigenvalue weighted by atomic mass is 32.2. The fourth-order valence-corrected chi connectivity index (χ4v) is 4.26. The van der Waals surface area contributed by atoms with Crippen LogP contribution < -0.4 is 0 Å². The minimum Gasteiger partial charge on any atom is -0.461 e. The molecule has 1 aliphatic heterocycles. The van der Waals surface area contributed by atoms with E-state index in [2.05, 4.69) is 10.1 Å². The normalized spacial score (nSPS) is 16.4. The first-order chi connectivity index (χ1) is 12.7. The highest BCUT2D eigenvalue weighted by Crippen LogP contribution is 2.35. The molecule has 3 aromatic rings. The van der Waals surface area contributed by atoms with E-state index < -0.39 is 26.7 Å². The number of benzene rings is 1. The topological polar surface area (TPSA) is 89.4 Å². The maximum atomic E-state index is 12.8. The van der Waals surface area contributed by atoms with Gasteiger partial charge in [0, 0.05) is 13.1 Å². The zero-order valence-electron chi connectivity index (χ0n) is 13.5. The maximum absolute atomic E-state index is 12.8. The van der Waals surface area contributed by atoms with E-state index in [1.54, 1.807) is 12.1 Å². The van der Waals surface area contributed by atoms with E-state index >= 15 is 0 Å². The molecule has 0 saturated carbocycles. The zero-order valence-corrected chi connectivity index (χ0v) is 14.4. The molecule has 0 atom stereocenters. The molecular formula is C16H12F3N3O4S. The van der Waals surface area contributed by atoms with E-state index in [0.29, 0.717) is 11.8 Å². The van der Waals surface area contributed by atoms with Crippen LogP contribution >= 0.6 is 0 Å². The largest absolute Gasteiger partial charge is 0.461 e. The summed E-state index contributed by atoms with van der Waals surface area (Å²) in [6.45, 7) is 0.0801. The van der Waals surface area contributed by atoms with Crippen LogP contribution in [0.25, 0.3) is 11.6 Å². The van der Waals surface area contributed by atoms with Gasteiger partial charge in [0.05, 0.1) is 22.6 Å². The van der Waals surface area contributed by atoms with E-state index in [1.165, 1.54) is 6.26 Å². The summed E-state index contributed by atoms with van der Waals surface area (Å²) in [6, 6.07) is 6.98. The van der Waals surface area contributed by atoms with Gasteiger partial charge in [-0.25, -0.2) is 8.42 Å². The second-order valence-corrected chi connectivity index (χ2v) is 7.92. The number of hydrogen-bond donors (Lipinski definition) is 0. The van der Waals surface area contributed by atoms with Crippen molar-refractivity contribution in [3.05, 3.63) is 54.1 Å². The van der Waals surface area contributed by atoms with Crippen LogP contribution in [0.1, 0.15) is 17.4 Å². The fourth-order valence-electron chi connectivity index (χ4n) is 2.68. The SMILES string of the molecule is O=S(=O)(c1cccc(C(F)(F)F)c1)N1CC(c2nc(-c3ccco3)no2)C1. The summed E-state index contributed by atoms with van der Waals surface area (Å²) in [4.78, 5) is 3.76. The molecule has 142 valence electrons. The summed E-state index contributed by atoms with van der Waals surface area (Å²) in [5.74, 6) is 0.575. The van der Waals surface area contributed by atoms with Crippen molar-refractivity contribution >= 4 is 10.0 Å². The lowest BCUT2D eigenvalue weighted by Crippen LogP contribution is -2.48. The lowest BCUT2D eigenvalue weighted by molar-refractivity contribution is -0.137. The third-order valence-electron chi connectivity index (χ3n) is 4.18. The first kappa shape index (κ1) is 17.7. The molecule has 1 saturated heterocycles. The van der Waals surface area contributed by atoms with Gasteiger partial charge in [0.2, 0.25) is 21.7 Å². The predicted molar refractivity (Wildman–Crippen MR) is 84.9 cm³/mol. The van der Waals surface area contributed by atoms with E-state index in [1.807, 2.05) is 0 Å². The van der Waals surface area contributed by atoms with E-state index in [4.69, 9.17) is 8.94 Å². The number of nitrogens with zero attached hydrogens (tertiary/aromatic N) is 3. The summed E-state index contributed by atoms with van der Waals surface area (Å²) < 4.78 is 74.9. The van der Waals surface area contributed by atoms with Crippen LogP contribution in [0.3, 0.4) is 0 Å². The van der Waals surface area contributed by atoms with Crippen LogP contribution in [0.4, 0.5) is 13.2 Å². The van der Waals surface area contributed by atoms with Crippen LogP contribution in [0.5, 0.6) is 0 Å². The summed E-state index contributed by atoms with van der Waals surface area (Å²) >= 11 is 0. The van der Waals surface area contributed by atoms with Crippen molar-refractivity contribution in [1.82, 2.24) is 14.4 Å². The number of rotatable bonds is 4. The number of sulfonamides is 1. The van der Waals surface area contributed by atoms with Gasteiger partial charge in [-0.15, -0.1) is 0 Å². The lowest BCUT2D eigenvalue weighted by atomic mass is 10.0. The lowest BCUT2D eigenvalue weighted by Gasteiger charge is -2.35. The maximum Gasteiger partial charge on any atom is 0.416 e. The molecule has 0 bridgehead atoms. The van der Waals surface area contributed by atoms with Gasteiger partial charge in [0.15, 0.2) is 5.76 Å². The molecule has 2 aromatic heterocycles. The quantitative estimate of drug-likeness (QED) is 0.670. The molecule has 4 rings (SSSR count). The third kappa shape index (κ3) is 3.23. The van der Waals surface area contributed by atoms with E-state index in [-0.39, 0.29) is 30.7 Å². The molecule has 0 amide bonds. The Morgan fingerprint density at radius 2 is 1.93 bits per heavy atom. The van der Waals surface area contributed by atoms with Crippen molar-refractivity contribution in [3.63, 3.8) is 0 Å². The van der Waals surface area contributed by atoms with Crippen molar-refractivity contribution in [2.45, 2.75) is 17.0 Å². The van der Waals surface area contributed by atoms with Gasteiger partial charge in [-0.3, -0.25) is 0 Å². The van der Waals surface area contributed by atoms with Gasteiger partial charge in [-0.1, -0.05) is 11.2 Å². The molecule has 0 radical (unpaired) electrons. The molecule has 1 aromatic carbocycles. The molecule has 0 N–H and O–H groups in total. The summed E-state index contributed by atoms with van der Waals surface area (Å²) in [6.07, 6.45) is -3.16. The average Bonchev–Trinajstić information content (AvgIpc) is 3.24. The summed E-state index contributed by atoms with van der Waals surface area (Å²) in [5, 5.41) is 3.77. The van der Waals surface area contributed by atoms with Crippen LogP contribution in [0.15, 0.2) is 56.5 Å². The van der Waals surface area contributed by atoms with Crippen molar-refractivity contribution in [3.8, 4) is 11.6 Å². The van der Waals surface area contributed by atoms with E-state index in [9.17, 15) is 21.6 Å². The minimum absolute atomic E-state index is 0.0400. The molecule has 27 heavy (non-hydrogen) atoms. The number of hydrogen-bond acceptors (Lipinski definition) is 6. The number of alkyl halides is 3. The van der Waals surface area contributed by atoms with Gasteiger partial charge < -0.3 is 8.94 Å². The smallest absolute Gasteiger partial charge is 0.416 e. The summed E-state index contributed by atoms with van der Waals surface area (Å²) in [5.41, 5.74) is -1.01. The van der Waals surface area contributed by atoms with Crippen LogP contribution in [0, 0.1) is 0 Å². The Hall–Kier alpha value is -2.66. The van der Waals surface area contributed by atoms with Gasteiger partial charge >= 0.3 is 6.18 Å². The minimum atomic E-state index is -4.62. The van der Waals surface area contributed by atoms with Gasteiger partial charge in [0.1, 0.15) is 0 Å². The Morgan fingerprint density at radius 1 is 1.15 bits per heavy atom. The zero-order chi connectivity index (χ0) is 19.2. The molecule has 1 aliphatic rings. The monoisotopic (exact) mass is 399 g/mol. The molecule has 3 heterocycles. The second kappa shape index (κ2) is 6.20. The Morgan fingerprint density at radius 3 is 2.59 bits per heavy atom. The third-order valence-corrected chi connectivity index (χ3v) is 6.01. The van der Waals surface area contributed by atoms with Crippen LogP contribution in [0.2, 0.25) is 0 Å². The van der Waals surface area contributed by atoms with Crippen molar-refractivity contribution < 1.29 is 30.5 Å². The molecule has 11 heteroatoms. The molecule has 0 spiro atoms. The highest BCUT2D eigenvalue weighted by Gasteiger charge is 2.41. The predicted octanol–water partition coefficient (Wildman–Crippen LogP) is 3.14. The first-order valence-electron chi connectivity index (χ1n) is 7.80. The Bertz CT molecular complexity index is 1050. The molecule has 7 nitrogen and oxygen atoms in total. The van der Waals surface area contributed by atoms with Crippen molar-refractivity contribution in [1.29, 1.82) is 0 Å². The van der Waals surface area contributed by atoms with E-state index in [0.717, 1.165) is 22.5 Å². The highest BCUT2D eigenvalue weighted by molar-refractivity contribution is 7.89. The fraction of sp³-hybridized carbons (Fsp3) is 0.250. The van der Waals surface area contributed by atoms with Crippen molar-refractivity contribution in [2.75, 3.05) is 13.1 Å². The van der Waals surface area contributed by atoms with Crippen LogP contribution in [-0.2, 0) is 16.2 Å². The van der Waals surface area contributed by atoms with Crippen LogP contribution in [-0.4, -0.2) is 36.0 Å². The molecule has 0 unspecified atom stereocenters. The number of aromatic nitrogens is 2. The Kier molecular flexibility index (Phi) is 4.07. The second-order valence-electron chi connectivity index (χ2n) is 5.98. The Labute approximate surface area is 151 Å². The van der Waals surface area contributed by atoms with Crippen molar-refractivity contribution in [2.24, 2.45) is 0 Å². The number of furan rings is 1. The number of halogens is 3. The molecular weight excluding hydrogens is 387 g/mol. The first-order valence-corrected chi connectivity index (χ1v) is 9.24.